The number of rotatable bonds is 11. The van der Waals surface area contributed by atoms with Gasteiger partial charge in [0.1, 0.15) is 23.5 Å². The van der Waals surface area contributed by atoms with Crippen molar-refractivity contribution in [3.63, 3.8) is 0 Å². The topological polar surface area (TPSA) is 92.3 Å². The summed E-state index contributed by atoms with van der Waals surface area (Å²) in [4.78, 5) is 11.3. The first kappa shape index (κ1) is 26.2. The Morgan fingerprint density at radius 3 is 2.57 bits per heavy atom. The Balaban J connectivity index is 1.63. The molecule has 0 unspecified atom stereocenters. The molecule has 0 fully saturated rings. The lowest BCUT2D eigenvalue weighted by atomic mass is 10.1. The van der Waals surface area contributed by atoms with Crippen LogP contribution in [-0.4, -0.2) is 32.8 Å². The molecule has 0 aliphatic heterocycles. The van der Waals surface area contributed by atoms with Crippen LogP contribution < -0.4 is 9.47 Å². The number of ether oxygens (including phenoxy) is 2. The molecule has 0 saturated heterocycles. The fourth-order valence-electron chi connectivity index (χ4n) is 3.84. The van der Waals surface area contributed by atoms with Crippen LogP contribution in [0, 0.1) is 29.8 Å². The van der Waals surface area contributed by atoms with Gasteiger partial charge in [-0.3, -0.25) is 14.7 Å². The molecule has 1 atom stereocenters. The molecule has 3 aromatic carbocycles. The van der Waals surface area contributed by atoms with Crippen LogP contribution in [0.5, 0.6) is 11.5 Å². The average Bonchev–Trinajstić information content (AvgIpc) is 3.23. The summed E-state index contributed by atoms with van der Waals surface area (Å²) >= 11 is 1.26. The summed E-state index contributed by atoms with van der Waals surface area (Å²) in [5, 5.41) is 20.1. The molecule has 0 aliphatic rings. The number of thioether (sulfide) groups is 1. The number of aryl methyl sites for hydroxylation is 2. The summed E-state index contributed by atoms with van der Waals surface area (Å²) in [5.74, 6) is 1.19. The predicted octanol–water partition coefficient (Wildman–Crippen LogP) is 6.11. The van der Waals surface area contributed by atoms with Gasteiger partial charge in [0.15, 0.2) is 16.7 Å². The maximum absolute atomic E-state index is 14.0. The molecule has 37 heavy (non-hydrogen) atoms. The van der Waals surface area contributed by atoms with Crippen molar-refractivity contribution >= 4 is 11.8 Å². The third-order valence-corrected chi connectivity index (χ3v) is 6.78. The van der Waals surface area contributed by atoms with E-state index in [-0.39, 0.29) is 23.9 Å². The van der Waals surface area contributed by atoms with E-state index < -0.39 is 5.25 Å². The molecule has 1 aromatic heterocycles. The number of hydrogen-bond acceptors (Lipinski definition) is 7. The number of benzene rings is 3. The van der Waals surface area contributed by atoms with Gasteiger partial charge in [0, 0.05) is 16.2 Å². The van der Waals surface area contributed by atoms with Crippen LogP contribution in [0.4, 0.5) is 4.39 Å². The molecule has 0 aliphatic carbocycles. The highest BCUT2D eigenvalue weighted by Gasteiger charge is 2.25. The van der Waals surface area contributed by atoms with Crippen LogP contribution in [0.1, 0.15) is 34.7 Å². The highest BCUT2D eigenvalue weighted by Crippen LogP contribution is 2.39. The summed E-state index contributed by atoms with van der Waals surface area (Å²) in [6, 6.07) is 19.5. The van der Waals surface area contributed by atoms with Gasteiger partial charge in [-0.25, -0.2) is 4.39 Å². The molecule has 192 valence electrons. The molecule has 4 aromatic rings. The van der Waals surface area contributed by atoms with Crippen molar-refractivity contribution < 1.29 is 18.8 Å². The summed E-state index contributed by atoms with van der Waals surface area (Å²) in [6.45, 7) is 5.74. The van der Waals surface area contributed by atoms with Crippen LogP contribution in [0.15, 0.2) is 71.9 Å². The third kappa shape index (κ3) is 6.45. The van der Waals surface area contributed by atoms with Gasteiger partial charge in [-0.1, -0.05) is 48.2 Å². The Morgan fingerprint density at radius 1 is 1.03 bits per heavy atom. The minimum absolute atomic E-state index is 0.0258. The van der Waals surface area contributed by atoms with E-state index in [0.717, 1.165) is 11.3 Å². The van der Waals surface area contributed by atoms with Gasteiger partial charge in [0.05, 0.1) is 6.61 Å². The standard InChI is InChI=1S/C27H27FN4O4S/c1-4-35-25-15-20(12-13-24(25)36-17-21-9-5-6-11-23(21)28)26(16-31(33)34)37-27-30-29-19(3)32(27)22-10-7-8-18(2)14-22/h5-15,26H,4,16-17H2,1-3H3/t26-/m0/s1. The number of hydrogen-bond donors (Lipinski definition) is 0. The van der Waals surface area contributed by atoms with Crippen LogP contribution in [-0.2, 0) is 6.61 Å². The van der Waals surface area contributed by atoms with Crippen molar-refractivity contribution in [3.05, 3.63) is 105 Å². The van der Waals surface area contributed by atoms with Crippen LogP contribution in [0.2, 0.25) is 0 Å². The lowest BCUT2D eigenvalue weighted by Crippen LogP contribution is -2.12. The second kappa shape index (κ2) is 11.9. The van der Waals surface area contributed by atoms with E-state index in [4.69, 9.17) is 9.47 Å². The molecular weight excluding hydrogens is 495 g/mol. The molecule has 0 saturated carbocycles. The predicted molar refractivity (Wildman–Crippen MR) is 140 cm³/mol. The Hall–Kier alpha value is -3.92. The molecule has 0 N–H and O–H groups in total. The molecule has 10 heteroatoms. The summed E-state index contributed by atoms with van der Waals surface area (Å²) in [7, 11) is 0. The second-order valence-electron chi connectivity index (χ2n) is 8.35. The number of nitrogens with zero attached hydrogens (tertiary/aromatic N) is 4. The molecule has 0 bridgehead atoms. The Labute approximate surface area is 218 Å². The number of nitro groups is 1. The molecule has 1 heterocycles. The lowest BCUT2D eigenvalue weighted by Gasteiger charge is -2.17. The Bertz CT molecular complexity index is 1390. The van der Waals surface area contributed by atoms with Gasteiger partial charge < -0.3 is 9.47 Å². The minimum atomic E-state index is -0.568. The molecule has 0 radical (unpaired) electrons. The largest absolute Gasteiger partial charge is 0.490 e. The van der Waals surface area contributed by atoms with Crippen molar-refractivity contribution in [3.8, 4) is 17.2 Å². The lowest BCUT2D eigenvalue weighted by molar-refractivity contribution is -0.479. The monoisotopic (exact) mass is 522 g/mol. The first-order valence-corrected chi connectivity index (χ1v) is 12.6. The van der Waals surface area contributed by atoms with E-state index in [0.29, 0.717) is 40.2 Å². The van der Waals surface area contributed by atoms with Crippen LogP contribution >= 0.6 is 11.8 Å². The van der Waals surface area contributed by atoms with Crippen LogP contribution in [0.3, 0.4) is 0 Å². The van der Waals surface area contributed by atoms with Crippen molar-refractivity contribution in [2.75, 3.05) is 13.2 Å². The maximum atomic E-state index is 14.0. The highest BCUT2D eigenvalue weighted by atomic mass is 32.2. The number of aromatic nitrogens is 3. The van der Waals surface area contributed by atoms with E-state index >= 15 is 0 Å². The first-order chi connectivity index (χ1) is 17.9. The highest BCUT2D eigenvalue weighted by molar-refractivity contribution is 7.99. The molecule has 8 nitrogen and oxygen atoms in total. The van der Waals surface area contributed by atoms with Gasteiger partial charge >= 0.3 is 0 Å². The van der Waals surface area contributed by atoms with Gasteiger partial charge in [-0.15, -0.1) is 10.2 Å². The van der Waals surface area contributed by atoms with E-state index in [2.05, 4.69) is 10.2 Å². The summed E-state index contributed by atoms with van der Waals surface area (Å²) in [5.41, 5.74) is 3.06. The van der Waals surface area contributed by atoms with E-state index in [9.17, 15) is 14.5 Å². The quantitative estimate of drug-likeness (QED) is 0.133. The zero-order valence-corrected chi connectivity index (χ0v) is 21.6. The zero-order chi connectivity index (χ0) is 26.4. The minimum Gasteiger partial charge on any atom is -0.490 e. The Morgan fingerprint density at radius 2 is 1.84 bits per heavy atom. The summed E-state index contributed by atoms with van der Waals surface area (Å²) in [6.07, 6.45) is 0. The molecule has 0 amide bonds. The maximum Gasteiger partial charge on any atom is 0.220 e. The van der Waals surface area contributed by atoms with E-state index in [1.54, 1.807) is 36.4 Å². The van der Waals surface area contributed by atoms with Crippen molar-refractivity contribution in [2.45, 2.75) is 37.8 Å². The molecule has 4 rings (SSSR count). The van der Waals surface area contributed by atoms with Gasteiger partial charge in [-0.05, 0) is 62.2 Å². The average molecular weight is 523 g/mol. The normalized spacial score (nSPS) is 11.8. The van der Waals surface area contributed by atoms with Crippen molar-refractivity contribution in [1.82, 2.24) is 14.8 Å². The van der Waals surface area contributed by atoms with E-state index in [1.165, 1.54) is 17.8 Å². The van der Waals surface area contributed by atoms with E-state index in [1.807, 2.05) is 49.6 Å². The number of halogens is 1. The second-order valence-corrected chi connectivity index (χ2v) is 9.52. The fourth-order valence-corrected chi connectivity index (χ4v) is 5.00. The van der Waals surface area contributed by atoms with Gasteiger partial charge in [0.2, 0.25) is 6.54 Å². The van der Waals surface area contributed by atoms with Gasteiger partial charge in [0.25, 0.3) is 0 Å². The Kier molecular flexibility index (Phi) is 8.39. The third-order valence-electron chi connectivity index (χ3n) is 5.60. The molecule has 0 spiro atoms. The first-order valence-electron chi connectivity index (χ1n) is 11.8. The smallest absolute Gasteiger partial charge is 0.220 e. The fraction of sp³-hybridized carbons (Fsp3) is 0.259. The van der Waals surface area contributed by atoms with Crippen LogP contribution in [0.25, 0.3) is 5.69 Å². The zero-order valence-electron chi connectivity index (χ0n) is 20.8. The van der Waals surface area contributed by atoms with Gasteiger partial charge in [-0.2, -0.15) is 0 Å². The van der Waals surface area contributed by atoms with Crippen molar-refractivity contribution in [1.29, 1.82) is 0 Å². The molecular formula is C27H27FN4O4S. The van der Waals surface area contributed by atoms with Crippen molar-refractivity contribution in [2.24, 2.45) is 0 Å². The SMILES string of the molecule is CCOc1cc([C@H](C[N+](=O)[O-])Sc2nnc(C)n2-c2cccc(C)c2)ccc1OCc1ccccc1F. The summed E-state index contributed by atoms with van der Waals surface area (Å²) < 4.78 is 27.5.